The number of nitrogens with one attached hydrogen (secondary N) is 2. The SMILES string of the molecule is COc1ccc(Cl)cc1NC(=O)Nc1cc(C)nc2cccc(C)c12. The maximum Gasteiger partial charge on any atom is 0.323 e. The summed E-state index contributed by atoms with van der Waals surface area (Å²) in [4.78, 5) is 17.0. The Kier molecular flexibility index (Phi) is 4.76. The Morgan fingerprint density at radius 1 is 1.08 bits per heavy atom. The van der Waals surface area contributed by atoms with Crippen molar-refractivity contribution in [3.05, 3.63) is 58.7 Å². The number of halogens is 1. The summed E-state index contributed by atoms with van der Waals surface area (Å²) in [5.41, 5.74) is 3.92. The molecule has 3 rings (SSSR count). The molecule has 25 heavy (non-hydrogen) atoms. The number of nitrogens with zero attached hydrogens (tertiary/aromatic N) is 1. The minimum absolute atomic E-state index is 0.379. The first-order valence-electron chi connectivity index (χ1n) is 7.76. The van der Waals surface area contributed by atoms with Gasteiger partial charge in [-0.05, 0) is 49.7 Å². The lowest BCUT2D eigenvalue weighted by molar-refractivity contribution is 0.262. The van der Waals surface area contributed by atoms with Gasteiger partial charge in [0.1, 0.15) is 5.75 Å². The molecule has 0 saturated carbocycles. The van der Waals surface area contributed by atoms with Crippen LogP contribution in [0.2, 0.25) is 5.02 Å². The fraction of sp³-hybridized carbons (Fsp3) is 0.158. The van der Waals surface area contributed by atoms with Gasteiger partial charge in [-0.3, -0.25) is 4.98 Å². The van der Waals surface area contributed by atoms with E-state index in [9.17, 15) is 4.79 Å². The van der Waals surface area contributed by atoms with Crippen molar-refractivity contribution in [3.63, 3.8) is 0 Å². The fourth-order valence-electron chi connectivity index (χ4n) is 2.75. The lowest BCUT2D eigenvalue weighted by atomic mass is 10.1. The maximum atomic E-state index is 12.5. The number of benzene rings is 2. The van der Waals surface area contributed by atoms with Gasteiger partial charge < -0.3 is 15.4 Å². The number of urea groups is 1. The highest BCUT2D eigenvalue weighted by molar-refractivity contribution is 6.31. The minimum atomic E-state index is -0.379. The molecule has 0 aliphatic carbocycles. The normalized spacial score (nSPS) is 10.6. The Bertz CT molecular complexity index is 957. The van der Waals surface area contributed by atoms with E-state index in [2.05, 4.69) is 15.6 Å². The molecule has 0 saturated heterocycles. The Hall–Kier alpha value is -2.79. The summed E-state index contributed by atoms with van der Waals surface area (Å²) in [5, 5.41) is 7.10. The third-order valence-corrected chi connectivity index (χ3v) is 4.06. The number of amides is 2. The molecule has 2 amide bonds. The first kappa shape index (κ1) is 17.0. The van der Waals surface area contributed by atoms with Crippen molar-refractivity contribution in [2.24, 2.45) is 0 Å². The number of hydrogen-bond acceptors (Lipinski definition) is 3. The van der Waals surface area contributed by atoms with E-state index in [1.165, 1.54) is 7.11 Å². The number of rotatable bonds is 3. The van der Waals surface area contributed by atoms with Gasteiger partial charge in [0, 0.05) is 16.1 Å². The second-order valence-corrected chi connectivity index (χ2v) is 6.14. The number of methoxy groups -OCH3 is 1. The van der Waals surface area contributed by atoms with Crippen LogP contribution >= 0.6 is 11.6 Å². The molecule has 0 bridgehead atoms. The van der Waals surface area contributed by atoms with Crippen LogP contribution in [0.25, 0.3) is 10.9 Å². The van der Waals surface area contributed by atoms with Crippen molar-refractivity contribution in [2.75, 3.05) is 17.7 Å². The van der Waals surface area contributed by atoms with E-state index in [4.69, 9.17) is 16.3 Å². The van der Waals surface area contributed by atoms with Crippen LogP contribution in [0, 0.1) is 13.8 Å². The van der Waals surface area contributed by atoms with E-state index in [-0.39, 0.29) is 6.03 Å². The molecule has 0 aliphatic rings. The first-order chi connectivity index (χ1) is 12.0. The number of anilines is 2. The molecule has 128 valence electrons. The van der Waals surface area contributed by atoms with E-state index in [0.717, 1.165) is 22.2 Å². The zero-order valence-corrected chi connectivity index (χ0v) is 14.9. The highest BCUT2D eigenvalue weighted by Gasteiger charge is 2.12. The van der Waals surface area contributed by atoms with Crippen LogP contribution in [0.1, 0.15) is 11.3 Å². The van der Waals surface area contributed by atoms with E-state index in [1.54, 1.807) is 18.2 Å². The van der Waals surface area contributed by atoms with Gasteiger partial charge in [0.25, 0.3) is 0 Å². The largest absolute Gasteiger partial charge is 0.495 e. The zero-order chi connectivity index (χ0) is 18.0. The summed E-state index contributed by atoms with van der Waals surface area (Å²) in [6.07, 6.45) is 0. The van der Waals surface area contributed by atoms with Gasteiger partial charge in [0.05, 0.1) is 24.0 Å². The van der Waals surface area contributed by atoms with Crippen LogP contribution in [0.3, 0.4) is 0 Å². The molecule has 6 heteroatoms. The maximum absolute atomic E-state index is 12.5. The Morgan fingerprint density at radius 2 is 1.84 bits per heavy atom. The molecular formula is C19H18ClN3O2. The van der Waals surface area contributed by atoms with Crippen molar-refractivity contribution >= 4 is 39.9 Å². The number of ether oxygens (including phenoxy) is 1. The van der Waals surface area contributed by atoms with E-state index < -0.39 is 0 Å². The molecule has 1 heterocycles. The van der Waals surface area contributed by atoms with Crippen molar-refractivity contribution in [3.8, 4) is 5.75 Å². The quantitative estimate of drug-likeness (QED) is 0.682. The average Bonchev–Trinajstić information content (AvgIpc) is 2.54. The summed E-state index contributed by atoms with van der Waals surface area (Å²) in [7, 11) is 1.54. The molecular weight excluding hydrogens is 338 g/mol. The van der Waals surface area contributed by atoms with Crippen LogP contribution in [-0.2, 0) is 0 Å². The van der Waals surface area contributed by atoms with Crippen LogP contribution < -0.4 is 15.4 Å². The standard InChI is InChI=1S/C19H18ClN3O2/c1-11-5-4-6-14-18(11)16(9-12(2)21-14)23-19(24)22-15-10-13(20)7-8-17(15)25-3/h4-10H,1-3H3,(H2,21,22,23,24). The van der Waals surface area contributed by atoms with Gasteiger partial charge in [0.15, 0.2) is 0 Å². The van der Waals surface area contributed by atoms with Crippen LogP contribution in [0.5, 0.6) is 5.75 Å². The number of aryl methyl sites for hydroxylation is 2. The molecule has 2 N–H and O–H groups in total. The molecule has 1 aromatic heterocycles. The Balaban J connectivity index is 1.92. The Labute approximate surface area is 151 Å². The van der Waals surface area contributed by atoms with Gasteiger partial charge in [-0.15, -0.1) is 0 Å². The predicted molar refractivity (Wildman–Crippen MR) is 102 cm³/mol. The lowest BCUT2D eigenvalue weighted by Crippen LogP contribution is -2.20. The predicted octanol–water partition coefficient (Wildman–Crippen LogP) is 5.16. The highest BCUT2D eigenvalue weighted by atomic mass is 35.5. The topological polar surface area (TPSA) is 63.2 Å². The summed E-state index contributed by atoms with van der Waals surface area (Å²) < 4.78 is 5.25. The second-order valence-electron chi connectivity index (χ2n) is 5.70. The summed E-state index contributed by atoms with van der Waals surface area (Å²) in [5.74, 6) is 0.534. The molecule has 3 aromatic rings. The van der Waals surface area contributed by atoms with Gasteiger partial charge in [0.2, 0.25) is 0 Å². The Morgan fingerprint density at radius 3 is 2.60 bits per heavy atom. The first-order valence-corrected chi connectivity index (χ1v) is 8.14. The monoisotopic (exact) mass is 355 g/mol. The molecule has 0 atom stereocenters. The van der Waals surface area contributed by atoms with Crippen molar-refractivity contribution in [1.29, 1.82) is 0 Å². The fourth-order valence-corrected chi connectivity index (χ4v) is 2.92. The lowest BCUT2D eigenvalue weighted by Gasteiger charge is -2.14. The minimum Gasteiger partial charge on any atom is -0.495 e. The van der Waals surface area contributed by atoms with Gasteiger partial charge in [-0.1, -0.05) is 23.7 Å². The summed E-state index contributed by atoms with van der Waals surface area (Å²) >= 11 is 6.00. The molecule has 0 aliphatic heterocycles. The number of aromatic nitrogens is 1. The molecule has 0 spiro atoms. The van der Waals surface area contributed by atoms with E-state index >= 15 is 0 Å². The third kappa shape index (κ3) is 3.67. The third-order valence-electron chi connectivity index (χ3n) is 3.83. The van der Waals surface area contributed by atoms with Crippen LogP contribution in [-0.4, -0.2) is 18.1 Å². The highest BCUT2D eigenvalue weighted by Crippen LogP contribution is 2.29. The molecule has 0 unspecified atom stereocenters. The number of fused-ring (bicyclic) bond motifs is 1. The van der Waals surface area contributed by atoms with Gasteiger partial charge in [-0.2, -0.15) is 0 Å². The molecule has 0 fully saturated rings. The summed E-state index contributed by atoms with van der Waals surface area (Å²) in [6, 6.07) is 12.4. The average molecular weight is 356 g/mol. The van der Waals surface area contributed by atoms with Crippen molar-refractivity contribution in [2.45, 2.75) is 13.8 Å². The molecule has 0 radical (unpaired) electrons. The van der Waals surface area contributed by atoms with Gasteiger partial charge in [-0.25, -0.2) is 4.79 Å². The van der Waals surface area contributed by atoms with E-state index in [0.29, 0.717) is 22.1 Å². The molecule has 2 aromatic carbocycles. The number of hydrogen-bond donors (Lipinski definition) is 2. The van der Waals surface area contributed by atoms with Crippen molar-refractivity contribution in [1.82, 2.24) is 4.98 Å². The smallest absolute Gasteiger partial charge is 0.323 e. The number of pyridine rings is 1. The second kappa shape index (κ2) is 6.99. The summed E-state index contributed by atoms with van der Waals surface area (Å²) in [6.45, 7) is 3.88. The molecule has 5 nitrogen and oxygen atoms in total. The van der Waals surface area contributed by atoms with Crippen LogP contribution in [0.15, 0.2) is 42.5 Å². The number of carbonyl (C=O) groups is 1. The van der Waals surface area contributed by atoms with Crippen molar-refractivity contribution < 1.29 is 9.53 Å². The van der Waals surface area contributed by atoms with Gasteiger partial charge >= 0.3 is 6.03 Å². The number of carbonyl (C=O) groups excluding carboxylic acids is 1. The van der Waals surface area contributed by atoms with E-state index in [1.807, 2.05) is 38.1 Å². The zero-order valence-electron chi connectivity index (χ0n) is 14.2. The van der Waals surface area contributed by atoms with Crippen LogP contribution in [0.4, 0.5) is 16.2 Å².